The normalized spacial score (nSPS) is 11.0. The maximum atomic E-state index is 12.8. The maximum absolute atomic E-state index is 12.8. The van der Waals surface area contributed by atoms with Crippen molar-refractivity contribution in [3.63, 3.8) is 0 Å². The third-order valence-corrected chi connectivity index (χ3v) is 3.26. The Bertz CT molecular complexity index is 860. The first kappa shape index (κ1) is 20.2. The summed E-state index contributed by atoms with van der Waals surface area (Å²) < 4.78 is 20.8. The monoisotopic (exact) mass is 374 g/mol. The minimum atomic E-state index is -0.865. The predicted molar refractivity (Wildman–Crippen MR) is 96.9 cm³/mol. The number of hydrogen-bond acceptors (Lipinski definition) is 7. The smallest absolute Gasteiger partial charge is 0.378 e. The van der Waals surface area contributed by atoms with Gasteiger partial charge < -0.3 is 18.6 Å². The van der Waals surface area contributed by atoms with Gasteiger partial charge in [-0.2, -0.15) is 0 Å². The van der Waals surface area contributed by atoms with Gasteiger partial charge in [0, 0.05) is 0 Å². The van der Waals surface area contributed by atoms with E-state index >= 15 is 0 Å². The average molecular weight is 374 g/mol. The molecule has 0 bridgehead atoms. The third kappa shape index (κ3) is 5.44. The summed E-state index contributed by atoms with van der Waals surface area (Å²) in [7, 11) is 0. The van der Waals surface area contributed by atoms with Crippen LogP contribution in [-0.4, -0.2) is 24.1 Å². The van der Waals surface area contributed by atoms with Crippen LogP contribution in [0, 0.1) is 0 Å². The van der Waals surface area contributed by atoms with Gasteiger partial charge in [0.15, 0.2) is 0 Å². The number of ether oxygens (including phenoxy) is 3. The van der Waals surface area contributed by atoms with E-state index in [1.165, 1.54) is 0 Å². The van der Waals surface area contributed by atoms with Crippen molar-refractivity contribution in [3.05, 3.63) is 63.7 Å². The zero-order chi connectivity index (χ0) is 20.0. The summed E-state index contributed by atoms with van der Waals surface area (Å²) in [6, 6.07) is 9.05. The minimum absolute atomic E-state index is 0.00970. The highest BCUT2D eigenvalue weighted by Gasteiger charge is 2.28. The fourth-order valence-corrected chi connectivity index (χ4v) is 2.12. The first-order valence-electron chi connectivity index (χ1n) is 8.46. The van der Waals surface area contributed by atoms with E-state index in [0.717, 1.165) is 11.8 Å². The van der Waals surface area contributed by atoms with Crippen LogP contribution >= 0.6 is 0 Å². The second-order valence-electron chi connectivity index (χ2n) is 6.63. The van der Waals surface area contributed by atoms with Crippen LogP contribution in [0.1, 0.15) is 54.2 Å². The molecule has 0 unspecified atom stereocenters. The molecule has 0 amide bonds. The second-order valence-corrected chi connectivity index (χ2v) is 6.63. The van der Waals surface area contributed by atoms with E-state index in [-0.39, 0.29) is 24.5 Å². The van der Waals surface area contributed by atoms with E-state index in [4.69, 9.17) is 18.6 Å². The van der Waals surface area contributed by atoms with E-state index in [1.807, 2.05) is 18.2 Å². The lowest BCUT2D eigenvalue weighted by molar-refractivity contribution is 0.00628. The molecule has 0 fully saturated rings. The highest BCUT2D eigenvalue weighted by Crippen LogP contribution is 2.19. The molecule has 2 rings (SSSR count). The number of carbonyl (C=O) groups is 2. The lowest BCUT2D eigenvalue weighted by Crippen LogP contribution is -2.28. The highest BCUT2D eigenvalue weighted by atomic mass is 16.6. The number of esters is 2. The molecular weight excluding hydrogens is 352 g/mol. The van der Waals surface area contributed by atoms with E-state index in [9.17, 15) is 14.4 Å². The van der Waals surface area contributed by atoms with Crippen LogP contribution in [0.3, 0.4) is 0 Å². The number of carbonyl (C=O) groups excluding carboxylic acids is 2. The Hall–Kier alpha value is -3.09. The zero-order valence-electron chi connectivity index (χ0n) is 15.7. The van der Waals surface area contributed by atoms with Crippen LogP contribution in [0.25, 0.3) is 0 Å². The summed E-state index contributed by atoms with van der Waals surface area (Å²) >= 11 is 0. The van der Waals surface area contributed by atoms with Gasteiger partial charge in [-0.3, -0.25) is 4.79 Å². The summed E-state index contributed by atoms with van der Waals surface area (Å²) in [4.78, 5) is 37.1. The van der Waals surface area contributed by atoms with Gasteiger partial charge in [0.25, 0.3) is 5.76 Å². The molecule has 7 heteroatoms. The molecule has 0 atom stereocenters. The van der Waals surface area contributed by atoms with Gasteiger partial charge in [0.1, 0.15) is 24.0 Å². The molecule has 0 N–H and O–H groups in total. The Balaban J connectivity index is 2.41. The van der Waals surface area contributed by atoms with E-state index < -0.39 is 28.7 Å². The van der Waals surface area contributed by atoms with Gasteiger partial charge in [-0.1, -0.05) is 30.3 Å². The molecule has 1 aromatic carbocycles. The molecule has 0 spiro atoms. The van der Waals surface area contributed by atoms with Gasteiger partial charge in [-0.05, 0) is 33.3 Å². The van der Waals surface area contributed by atoms with Gasteiger partial charge >= 0.3 is 11.9 Å². The van der Waals surface area contributed by atoms with Crippen molar-refractivity contribution in [3.8, 4) is 5.75 Å². The molecule has 0 radical (unpaired) electrons. The fraction of sp³-hybridized carbons (Fsp3) is 0.350. The van der Waals surface area contributed by atoms with Crippen LogP contribution in [0.4, 0.5) is 0 Å². The molecule has 0 aliphatic rings. The molecular formula is C20H22O7. The molecule has 0 saturated carbocycles. The van der Waals surface area contributed by atoms with Crippen LogP contribution < -0.4 is 10.2 Å². The lowest BCUT2D eigenvalue weighted by atomic mass is 10.2. The van der Waals surface area contributed by atoms with Crippen LogP contribution in [0.15, 0.2) is 45.8 Å². The summed E-state index contributed by atoms with van der Waals surface area (Å²) in [5, 5.41) is 0. The molecule has 0 aliphatic carbocycles. The predicted octanol–water partition coefficient (Wildman–Crippen LogP) is 3.35. The van der Waals surface area contributed by atoms with Gasteiger partial charge in [-0.25, -0.2) is 9.59 Å². The van der Waals surface area contributed by atoms with Gasteiger partial charge in [0.2, 0.25) is 11.2 Å². The van der Waals surface area contributed by atoms with Gasteiger partial charge in [-0.15, -0.1) is 0 Å². The van der Waals surface area contributed by atoms with Crippen molar-refractivity contribution in [2.45, 2.75) is 39.9 Å². The van der Waals surface area contributed by atoms with Gasteiger partial charge in [0.05, 0.1) is 6.61 Å². The van der Waals surface area contributed by atoms with E-state index in [0.29, 0.717) is 0 Å². The van der Waals surface area contributed by atoms with Crippen LogP contribution in [0.5, 0.6) is 5.75 Å². The molecule has 1 aromatic heterocycles. The standard InChI is InChI=1S/C20H22O7/c1-5-24-19(23)17-16(25-11-13-9-7-6-8-10-13)15(21)14(12-26-17)18(22)27-20(2,3)4/h6-10,12H,5,11H2,1-4H3. The van der Waals surface area contributed by atoms with Crippen molar-refractivity contribution in [2.75, 3.05) is 6.61 Å². The number of hydrogen-bond donors (Lipinski definition) is 0. The summed E-state index contributed by atoms with van der Waals surface area (Å²) in [6.07, 6.45) is 0.887. The summed E-state index contributed by atoms with van der Waals surface area (Å²) in [5.74, 6) is -2.50. The largest absolute Gasteiger partial charge is 0.481 e. The molecule has 0 aliphatic heterocycles. The molecule has 1 heterocycles. The summed E-state index contributed by atoms with van der Waals surface area (Å²) in [5.41, 5.74) is -1.18. The Labute approximate surface area is 156 Å². The first-order valence-corrected chi connectivity index (χ1v) is 8.46. The van der Waals surface area contributed by atoms with Crippen molar-refractivity contribution in [1.29, 1.82) is 0 Å². The number of rotatable bonds is 6. The lowest BCUT2D eigenvalue weighted by Gasteiger charge is -2.19. The summed E-state index contributed by atoms with van der Waals surface area (Å²) in [6.45, 7) is 6.74. The molecule has 7 nitrogen and oxygen atoms in total. The van der Waals surface area contributed by atoms with Crippen molar-refractivity contribution in [1.82, 2.24) is 0 Å². The van der Waals surface area contributed by atoms with Crippen LogP contribution in [0.2, 0.25) is 0 Å². The van der Waals surface area contributed by atoms with E-state index in [2.05, 4.69) is 0 Å². The first-order chi connectivity index (χ1) is 12.7. The maximum Gasteiger partial charge on any atom is 0.378 e. The van der Waals surface area contributed by atoms with Crippen LogP contribution in [-0.2, 0) is 16.1 Å². The minimum Gasteiger partial charge on any atom is -0.481 e. The Morgan fingerprint density at radius 1 is 1.07 bits per heavy atom. The number of benzene rings is 1. The van der Waals surface area contributed by atoms with Crippen molar-refractivity contribution in [2.24, 2.45) is 0 Å². The Kier molecular flexibility index (Phi) is 6.39. The molecule has 2 aromatic rings. The highest BCUT2D eigenvalue weighted by molar-refractivity contribution is 5.93. The topological polar surface area (TPSA) is 92.0 Å². The quantitative estimate of drug-likeness (QED) is 0.716. The molecule has 27 heavy (non-hydrogen) atoms. The van der Waals surface area contributed by atoms with Crippen molar-refractivity contribution < 1.29 is 28.2 Å². The fourth-order valence-electron chi connectivity index (χ4n) is 2.12. The second kappa shape index (κ2) is 8.53. The molecule has 144 valence electrons. The molecule has 0 saturated heterocycles. The Morgan fingerprint density at radius 3 is 2.33 bits per heavy atom. The Morgan fingerprint density at radius 2 is 1.74 bits per heavy atom. The van der Waals surface area contributed by atoms with Crippen molar-refractivity contribution >= 4 is 11.9 Å². The zero-order valence-corrected chi connectivity index (χ0v) is 15.7. The van der Waals surface area contributed by atoms with E-state index in [1.54, 1.807) is 39.8 Å². The SMILES string of the molecule is CCOC(=O)c1occ(C(=O)OC(C)(C)C)c(=O)c1OCc1ccccc1. The third-order valence-electron chi connectivity index (χ3n) is 3.26. The average Bonchev–Trinajstić information content (AvgIpc) is 2.60.